The molecule has 8 nitrogen and oxygen atoms in total. The molecule has 0 bridgehead atoms. The van der Waals surface area contributed by atoms with E-state index in [1.54, 1.807) is 11.8 Å². The van der Waals surface area contributed by atoms with Gasteiger partial charge in [-0.15, -0.1) is 0 Å². The maximum Gasteiger partial charge on any atom is 0.409 e. The molecule has 0 aromatic heterocycles. The van der Waals surface area contributed by atoms with E-state index in [1.807, 2.05) is 0 Å². The highest BCUT2D eigenvalue weighted by atomic mass is 16.6. The standard InChI is InChI=1S/C15H19N3O5/c1-10-9-11(3-4-13(10)18(21)22)14(19)16-12-5-7-17(8-6-12)15(20)23-2/h3-4,9,12H,5-8H2,1-2H3,(H,16,19). The Morgan fingerprint density at radius 2 is 2.00 bits per heavy atom. The van der Waals surface area contributed by atoms with Crippen LogP contribution in [0.2, 0.25) is 0 Å². The molecule has 1 saturated heterocycles. The first kappa shape index (κ1) is 16.7. The van der Waals surface area contributed by atoms with E-state index in [0.29, 0.717) is 37.1 Å². The molecule has 0 unspecified atom stereocenters. The third-order valence-electron chi connectivity index (χ3n) is 3.92. The number of hydrogen-bond acceptors (Lipinski definition) is 5. The normalized spacial score (nSPS) is 15.1. The van der Waals surface area contributed by atoms with Crippen molar-refractivity contribution in [3.63, 3.8) is 0 Å². The second-order valence-electron chi connectivity index (χ2n) is 5.46. The minimum atomic E-state index is -0.473. The van der Waals surface area contributed by atoms with Crippen LogP contribution in [0.3, 0.4) is 0 Å². The largest absolute Gasteiger partial charge is 0.453 e. The number of aryl methyl sites for hydroxylation is 1. The maximum absolute atomic E-state index is 12.2. The summed E-state index contributed by atoms with van der Waals surface area (Å²) in [6.07, 6.45) is 0.931. The number of benzene rings is 1. The Labute approximate surface area is 133 Å². The number of piperidine rings is 1. The summed E-state index contributed by atoms with van der Waals surface area (Å²) in [5, 5.41) is 13.7. The average molecular weight is 321 g/mol. The molecule has 1 aliphatic rings. The number of amides is 2. The van der Waals surface area contributed by atoms with Crippen LogP contribution in [-0.2, 0) is 4.74 Å². The molecule has 2 amide bonds. The smallest absolute Gasteiger partial charge is 0.409 e. The third kappa shape index (κ3) is 3.97. The molecule has 1 aliphatic heterocycles. The van der Waals surface area contributed by atoms with E-state index in [4.69, 9.17) is 0 Å². The van der Waals surface area contributed by atoms with Crippen molar-refractivity contribution in [2.24, 2.45) is 0 Å². The number of nitro groups is 1. The minimum Gasteiger partial charge on any atom is -0.453 e. The van der Waals surface area contributed by atoms with Gasteiger partial charge in [-0.25, -0.2) is 4.79 Å². The fourth-order valence-electron chi connectivity index (χ4n) is 2.61. The highest BCUT2D eigenvalue weighted by Crippen LogP contribution is 2.19. The Kier molecular flexibility index (Phi) is 5.15. The molecule has 0 radical (unpaired) electrons. The topological polar surface area (TPSA) is 102 Å². The number of hydrogen-bond donors (Lipinski definition) is 1. The second-order valence-corrected chi connectivity index (χ2v) is 5.46. The van der Waals surface area contributed by atoms with E-state index in [-0.39, 0.29) is 23.7 Å². The Bertz CT molecular complexity index is 624. The number of nitrogens with zero attached hydrogens (tertiary/aromatic N) is 2. The number of rotatable bonds is 3. The number of carbonyl (C=O) groups excluding carboxylic acids is 2. The molecule has 1 aromatic carbocycles. The Morgan fingerprint density at radius 3 is 2.52 bits per heavy atom. The molecule has 1 aromatic rings. The molecule has 23 heavy (non-hydrogen) atoms. The number of methoxy groups -OCH3 is 1. The van der Waals surface area contributed by atoms with Gasteiger partial charge in [-0.2, -0.15) is 0 Å². The van der Waals surface area contributed by atoms with Crippen LogP contribution in [0.1, 0.15) is 28.8 Å². The minimum absolute atomic E-state index is 0.00654. The van der Waals surface area contributed by atoms with E-state index < -0.39 is 4.92 Å². The van der Waals surface area contributed by atoms with Crippen molar-refractivity contribution in [3.8, 4) is 0 Å². The summed E-state index contributed by atoms with van der Waals surface area (Å²) in [5.41, 5.74) is 0.833. The molecule has 2 rings (SSSR count). The quantitative estimate of drug-likeness (QED) is 0.676. The van der Waals surface area contributed by atoms with Crippen LogP contribution in [-0.4, -0.2) is 48.1 Å². The molecule has 124 valence electrons. The summed E-state index contributed by atoms with van der Waals surface area (Å²) in [7, 11) is 1.34. The number of nitro benzene ring substituents is 1. The summed E-state index contributed by atoms with van der Waals surface area (Å²) < 4.78 is 4.66. The van der Waals surface area contributed by atoms with E-state index >= 15 is 0 Å². The van der Waals surface area contributed by atoms with Crippen LogP contribution in [0.15, 0.2) is 18.2 Å². The summed E-state index contributed by atoms with van der Waals surface area (Å²) in [5.74, 6) is -0.264. The van der Waals surface area contributed by atoms with Crippen molar-refractivity contribution in [1.29, 1.82) is 0 Å². The Morgan fingerprint density at radius 1 is 1.35 bits per heavy atom. The van der Waals surface area contributed by atoms with Crippen molar-refractivity contribution >= 4 is 17.7 Å². The molecule has 1 fully saturated rings. The fourth-order valence-corrected chi connectivity index (χ4v) is 2.61. The zero-order valence-corrected chi connectivity index (χ0v) is 13.1. The predicted octanol–water partition coefficient (Wildman–Crippen LogP) is 1.86. The van der Waals surface area contributed by atoms with Crippen molar-refractivity contribution in [3.05, 3.63) is 39.4 Å². The van der Waals surface area contributed by atoms with Gasteiger partial charge in [-0.3, -0.25) is 14.9 Å². The van der Waals surface area contributed by atoms with Gasteiger partial charge in [0.1, 0.15) is 0 Å². The molecule has 1 heterocycles. The van der Waals surface area contributed by atoms with Crippen LogP contribution in [0.5, 0.6) is 0 Å². The van der Waals surface area contributed by atoms with Crippen LogP contribution in [0, 0.1) is 17.0 Å². The Hall–Kier alpha value is -2.64. The summed E-state index contributed by atoms with van der Waals surface area (Å²) in [6.45, 7) is 2.65. The van der Waals surface area contributed by atoms with E-state index in [0.717, 1.165) is 0 Å². The lowest BCUT2D eigenvalue weighted by Gasteiger charge is -2.31. The highest BCUT2D eigenvalue weighted by molar-refractivity contribution is 5.94. The van der Waals surface area contributed by atoms with Gasteiger partial charge in [-0.1, -0.05) is 0 Å². The lowest BCUT2D eigenvalue weighted by molar-refractivity contribution is -0.385. The van der Waals surface area contributed by atoms with Gasteiger partial charge < -0.3 is 15.0 Å². The lowest BCUT2D eigenvalue weighted by atomic mass is 10.0. The van der Waals surface area contributed by atoms with Gasteiger partial charge in [0.2, 0.25) is 0 Å². The van der Waals surface area contributed by atoms with E-state index in [1.165, 1.54) is 25.3 Å². The van der Waals surface area contributed by atoms with Crippen molar-refractivity contribution in [2.75, 3.05) is 20.2 Å². The predicted molar refractivity (Wildman–Crippen MR) is 82.3 cm³/mol. The zero-order chi connectivity index (χ0) is 17.0. The summed E-state index contributed by atoms with van der Waals surface area (Å²) in [4.78, 5) is 35.6. The van der Waals surface area contributed by atoms with Gasteiger partial charge in [0.25, 0.3) is 11.6 Å². The molecule has 8 heteroatoms. The zero-order valence-electron chi connectivity index (χ0n) is 13.1. The molecule has 0 aliphatic carbocycles. The molecule has 0 atom stereocenters. The Balaban J connectivity index is 1.94. The van der Waals surface area contributed by atoms with Crippen molar-refractivity contribution in [2.45, 2.75) is 25.8 Å². The van der Waals surface area contributed by atoms with Gasteiger partial charge in [0, 0.05) is 36.3 Å². The number of nitrogens with one attached hydrogen (secondary N) is 1. The summed E-state index contributed by atoms with van der Waals surface area (Å²) >= 11 is 0. The first-order valence-corrected chi connectivity index (χ1v) is 7.31. The average Bonchev–Trinajstić information content (AvgIpc) is 2.54. The second kappa shape index (κ2) is 7.08. The number of carbonyl (C=O) groups is 2. The first-order chi connectivity index (χ1) is 10.9. The molecule has 0 spiro atoms. The SMILES string of the molecule is COC(=O)N1CCC(NC(=O)c2ccc([N+](=O)[O-])c(C)c2)CC1. The van der Waals surface area contributed by atoms with Crippen LogP contribution in [0.4, 0.5) is 10.5 Å². The highest BCUT2D eigenvalue weighted by Gasteiger charge is 2.24. The third-order valence-corrected chi connectivity index (χ3v) is 3.92. The lowest BCUT2D eigenvalue weighted by Crippen LogP contribution is -2.46. The number of ether oxygens (including phenoxy) is 1. The first-order valence-electron chi connectivity index (χ1n) is 7.31. The van der Waals surface area contributed by atoms with E-state index in [9.17, 15) is 19.7 Å². The monoisotopic (exact) mass is 321 g/mol. The molecule has 1 N–H and O–H groups in total. The van der Waals surface area contributed by atoms with Crippen LogP contribution < -0.4 is 5.32 Å². The number of likely N-dealkylation sites (tertiary alicyclic amines) is 1. The van der Waals surface area contributed by atoms with Crippen LogP contribution in [0.25, 0.3) is 0 Å². The molecular weight excluding hydrogens is 302 g/mol. The molecular formula is C15H19N3O5. The van der Waals surface area contributed by atoms with Gasteiger partial charge in [0.05, 0.1) is 12.0 Å². The van der Waals surface area contributed by atoms with E-state index in [2.05, 4.69) is 10.1 Å². The molecule has 0 saturated carbocycles. The summed E-state index contributed by atoms with van der Waals surface area (Å²) in [6, 6.07) is 4.27. The van der Waals surface area contributed by atoms with Crippen molar-refractivity contribution < 1.29 is 19.2 Å². The van der Waals surface area contributed by atoms with Crippen LogP contribution >= 0.6 is 0 Å². The fraction of sp³-hybridized carbons (Fsp3) is 0.467. The van der Waals surface area contributed by atoms with Crippen molar-refractivity contribution in [1.82, 2.24) is 10.2 Å². The van der Waals surface area contributed by atoms with Gasteiger partial charge >= 0.3 is 6.09 Å². The van der Waals surface area contributed by atoms with Gasteiger partial charge in [0.15, 0.2) is 0 Å². The van der Waals surface area contributed by atoms with Gasteiger partial charge in [-0.05, 0) is 31.9 Å². The maximum atomic E-state index is 12.2.